The van der Waals surface area contributed by atoms with Crippen molar-refractivity contribution >= 4 is 5.91 Å². The molecule has 0 bridgehead atoms. The third-order valence-electron chi connectivity index (χ3n) is 4.32. The van der Waals surface area contributed by atoms with E-state index in [2.05, 4.69) is 17.0 Å². The van der Waals surface area contributed by atoms with Crippen LogP contribution in [-0.4, -0.2) is 43.6 Å². The zero-order valence-electron chi connectivity index (χ0n) is 13.8. The van der Waals surface area contributed by atoms with Gasteiger partial charge >= 0.3 is 0 Å². The highest BCUT2D eigenvalue weighted by atomic mass is 16.2. The fourth-order valence-electron chi connectivity index (χ4n) is 3.07. The van der Waals surface area contributed by atoms with Crippen LogP contribution < -0.4 is 0 Å². The highest BCUT2D eigenvalue weighted by Crippen LogP contribution is 2.26. The van der Waals surface area contributed by atoms with Gasteiger partial charge in [-0.3, -0.25) is 14.5 Å². The summed E-state index contributed by atoms with van der Waals surface area (Å²) in [4.78, 5) is 22.7. The number of hydrogen-bond acceptors (Lipinski definition) is 4. The molecule has 1 amide bonds. The van der Waals surface area contributed by atoms with E-state index in [9.17, 15) is 4.79 Å². The van der Waals surface area contributed by atoms with Gasteiger partial charge in [0.2, 0.25) is 5.91 Å². The van der Waals surface area contributed by atoms with Crippen LogP contribution in [0.5, 0.6) is 0 Å². The van der Waals surface area contributed by atoms with Gasteiger partial charge in [0.1, 0.15) is 0 Å². The van der Waals surface area contributed by atoms with Crippen molar-refractivity contribution in [3.63, 3.8) is 0 Å². The average Bonchev–Trinajstić information content (AvgIpc) is 3.04. The summed E-state index contributed by atoms with van der Waals surface area (Å²) in [5, 5.41) is 4.36. The molecule has 0 aromatic carbocycles. The first kappa shape index (κ1) is 15.6. The summed E-state index contributed by atoms with van der Waals surface area (Å²) in [6.45, 7) is 6.26. The van der Waals surface area contributed by atoms with Crippen LogP contribution >= 0.6 is 0 Å². The molecule has 0 spiro atoms. The molecule has 122 valence electrons. The Morgan fingerprint density at radius 2 is 2.22 bits per heavy atom. The third-order valence-corrected chi connectivity index (χ3v) is 4.32. The quantitative estimate of drug-likeness (QED) is 0.870. The molecule has 1 saturated heterocycles. The minimum atomic E-state index is 0.139. The summed E-state index contributed by atoms with van der Waals surface area (Å²) in [7, 11) is 0. The van der Waals surface area contributed by atoms with Crippen LogP contribution in [0.2, 0.25) is 0 Å². The van der Waals surface area contributed by atoms with E-state index in [1.54, 1.807) is 13.1 Å². The maximum absolute atomic E-state index is 11.6. The molecule has 1 fully saturated rings. The Morgan fingerprint density at radius 1 is 1.35 bits per heavy atom. The Balaban J connectivity index is 1.80. The smallest absolute Gasteiger partial charge is 0.219 e. The normalized spacial score (nSPS) is 18.2. The SMILES string of the molecule is CCCn1cc(-c2cncc([C@@H]3CCCN(C(C)=O)C3)n2)cn1. The van der Waals surface area contributed by atoms with Crippen LogP contribution in [0.1, 0.15) is 44.7 Å². The lowest BCUT2D eigenvalue weighted by atomic mass is 9.95. The number of aromatic nitrogens is 4. The standard InChI is InChI=1S/C17H23N5O/c1-3-6-22-12-15(8-19-22)17-10-18-9-16(20-17)14-5-4-7-21(11-14)13(2)23/h8-10,12,14H,3-7,11H2,1-2H3/t14-/m1/s1. The van der Waals surface area contributed by atoms with Crippen molar-refractivity contribution in [2.45, 2.75) is 45.6 Å². The molecular formula is C17H23N5O. The van der Waals surface area contributed by atoms with Gasteiger partial charge in [-0.2, -0.15) is 5.10 Å². The van der Waals surface area contributed by atoms with Gasteiger partial charge in [0, 0.05) is 50.4 Å². The first-order valence-electron chi connectivity index (χ1n) is 8.27. The lowest BCUT2D eigenvalue weighted by molar-refractivity contribution is -0.130. The van der Waals surface area contributed by atoms with Gasteiger partial charge in [-0.25, -0.2) is 4.98 Å². The van der Waals surface area contributed by atoms with Gasteiger partial charge in [-0.05, 0) is 19.3 Å². The lowest BCUT2D eigenvalue weighted by Gasteiger charge is -2.31. The summed E-state index contributed by atoms with van der Waals surface area (Å²) in [6, 6.07) is 0. The molecule has 0 N–H and O–H groups in total. The second-order valence-electron chi connectivity index (χ2n) is 6.13. The van der Waals surface area contributed by atoms with Gasteiger partial charge in [0.15, 0.2) is 0 Å². The Morgan fingerprint density at radius 3 is 3.00 bits per heavy atom. The number of nitrogens with zero attached hydrogens (tertiary/aromatic N) is 5. The number of piperidine rings is 1. The number of likely N-dealkylation sites (tertiary alicyclic amines) is 1. The molecule has 3 rings (SSSR count). The van der Waals surface area contributed by atoms with Crippen LogP contribution in [0.3, 0.4) is 0 Å². The fraction of sp³-hybridized carbons (Fsp3) is 0.529. The van der Waals surface area contributed by atoms with Crippen LogP contribution in [0.15, 0.2) is 24.8 Å². The molecular weight excluding hydrogens is 290 g/mol. The van der Waals surface area contributed by atoms with E-state index >= 15 is 0 Å². The lowest BCUT2D eigenvalue weighted by Crippen LogP contribution is -2.37. The maximum Gasteiger partial charge on any atom is 0.219 e. The van der Waals surface area contributed by atoms with E-state index in [1.165, 1.54) is 0 Å². The summed E-state index contributed by atoms with van der Waals surface area (Å²) in [5.74, 6) is 0.408. The average molecular weight is 313 g/mol. The number of carbonyl (C=O) groups excluding carboxylic acids is 1. The summed E-state index contributed by atoms with van der Waals surface area (Å²) in [6.07, 6.45) is 10.6. The van der Waals surface area contributed by atoms with Gasteiger partial charge in [-0.1, -0.05) is 6.92 Å². The molecule has 2 aromatic heterocycles. The van der Waals surface area contributed by atoms with E-state index in [4.69, 9.17) is 4.98 Å². The van der Waals surface area contributed by atoms with Crippen molar-refractivity contribution in [2.75, 3.05) is 13.1 Å². The summed E-state index contributed by atoms with van der Waals surface area (Å²) >= 11 is 0. The molecule has 6 heteroatoms. The largest absolute Gasteiger partial charge is 0.342 e. The molecule has 1 aliphatic rings. The van der Waals surface area contributed by atoms with Crippen molar-refractivity contribution < 1.29 is 4.79 Å². The van der Waals surface area contributed by atoms with Crippen molar-refractivity contribution in [2.24, 2.45) is 0 Å². The Hall–Kier alpha value is -2.24. The first-order valence-corrected chi connectivity index (χ1v) is 8.27. The monoisotopic (exact) mass is 313 g/mol. The molecule has 1 atom stereocenters. The van der Waals surface area contributed by atoms with Crippen molar-refractivity contribution in [1.82, 2.24) is 24.6 Å². The minimum absolute atomic E-state index is 0.139. The number of aryl methyl sites for hydroxylation is 1. The van der Waals surface area contributed by atoms with Gasteiger partial charge in [0.05, 0.1) is 23.8 Å². The molecule has 23 heavy (non-hydrogen) atoms. The summed E-state index contributed by atoms with van der Waals surface area (Å²) < 4.78 is 1.93. The van der Waals surface area contributed by atoms with Crippen molar-refractivity contribution in [3.05, 3.63) is 30.5 Å². The summed E-state index contributed by atoms with van der Waals surface area (Å²) in [5.41, 5.74) is 2.81. The van der Waals surface area contributed by atoms with Gasteiger partial charge < -0.3 is 4.90 Å². The van der Waals surface area contributed by atoms with Crippen molar-refractivity contribution in [3.8, 4) is 11.3 Å². The van der Waals surface area contributed by atoms with Crippen LogP contribution in [0, 0.1) is 0 Å². The highest BCUT2D eigenvalue weighted by Gasteiger charge is 2.24. The molecule has 3 heterocycles. The Labute approximate surface area is 136 Å². The highest BCUT2D eigenvalue weighted by molar-refractivity contribution is 5.73. The maximum atomic E-state index is 11.6. The van der Waals surface area contributed by atoms with Gasteiger partial charge in [-0.15, -0.1) is 0 Å². The predicted octanol–water partition coefficient (Wildman–Crippen LogP) is 2.48. The third kappa shape index (κ3) is 3.57. The second-order valence-corrected chi connectivity index (χ2v) is 6.13. The molecule has 0 aliphatic carbocycles. The fourth-order valence-corrected chi connectivity index (χ4v) is 3.07. The van der Waals surface area contributed by atoms with E-state index in [0.717, 1.165) is 55.8 Å². The van der Waals surface area contributed by atoms with Gasteiger partial charge in [0.25, 0.3) is 0 Å². The predicted molar refractivity (Wildman–Crippen MR) is 87.8 cm³/mol. The molecule has 0 radical (unpaired) electrons. The van der Waals surface area contributed by atoms with E-state index in [-0.39, 0.29) is 11.8 Å². The number of hydrogen-bond donors (Lipinski definition) is 0. The first-order chi connectivity index (χ1) is 11.2. The topological polar surface area (TPSA) is 63.9 Å². The van der Waals surface area contributed by atoms with E-state index in [0.29, 0.717) is 0 Å². The molecule has 2 aromatic rings. The molecule has 6 nitrogen and oxygen atoms in total. The van der Waals surface area contributed by atoms with Crippen LogP contribution in [-0.2, 0) is 11.3 Å². The molecule has 1 aliphatic heterocycles. The van der Waals surface area contributed by atoms with Crippen molar-refractivity contribution in [1.29, 1.82) is 0 Å². The van der Waals surface area contributed by atoms with E-state index < -0.39 is 0 Å². The number of carbonyl (C=O) groups is 1. The number of rotatable bonds is 4. The zero-order chi connectivity index (χ0) is 16.2. The minimum Gasteiger partial charge on any atom is -0.342 e. The van der Waals surface area contributed by atoms with E-state index in [1.807, 2.05) is 28.2 Å². The Kier molecular flexibility index (Phi) is 4.69. The molecule has 0 unspecified atom stereocenters. The zero-order valence-corrected chi connectivity index (χ0v) is 13.8. The number of amides is 1. The van der Waals surface area contributed by atoms with Crippen LogP contribution in [0.25, 0.3) is 11.3 Å². The molecule has 0 saturated carbocycles. The van der Waals surface area contributed by atoms with Crippen LogP contribution in [0.4, 0.5) is 0 Å². The second kappa shape index (κ2) is 6.89. The Bertz CT molecular complexity index is 681.